The van der Waals surface area contributed by atoms with E-state index in [0.29, 0.717) is 6.61 Å². The Labute approximate surface area is 129 Å². The zero-order valence-corrected chi connectivity index (χ0v) is 13.1. The molecule has 0 fully saturated rings. The molecular weight excluding hydrogens is 286 g/mol. The lowest BCUT2D eigenvalue weighted by Gasteiger charge is -2.26. The predicted octanol–water partition coefficient (Wildman–Crippen LogP) is 2.44. The molecule has 0 aliphatic carbocycles. The minimum Gasteiger partial charge on any atom is -0.493 e. The molecule has 22 heavy (non-hydrogen) atoms. The predicted molar refractivity (Wildman–Crippen MR) is 79.9 cm³/mol. The molecule has 0 spiro atoms. The number of hydrogen-bond acceptors (Lipinski definition) is 4. The van der Waals surface area contributed by atoms with E-state index in [1.54, 1.807) is 20.8 Å². The van der Waals surface area contributed by atoms with Crippen LogP contribution >= 0.6 is 0 Å². The van der Waals surface area contributed by atoms with Crippen molar-refractivity contribution in [1.29, 1.82) is 0 Å². The van der Waals surface area contributed by atoms with Gasteiger partial charge in [0.1, 0.15) is 17.9 Å². The first-order valence-corrected chi connectivity index (χ1v) is 7.19. The normalized spacial score (nSPS) is 13.2. The molecule has 1 N–H and O–H groups in total. The first-order valence-electron chi connectivity index (χ1n) is 7.19. The Bertz CT molecular complexity index is 576. The van der Waals surface area contributed by atoms with E-state index in [1.807, 2.05) is 18.2 Å². The van der Waals surface area contributed by atoms with Gasteiger partial charge in [0, 0.05) is 13.0 Å². The van der Waals surface area contributed by atoms with E-state index in [0.717, 1.165) is 23.3 Å². The second kappa shape index (κ2) is 6.25. The van der Waals surface area contributed by atoms with E-state index >= 15 is 0 Å². The van der Waals surface area contributed by atoms with Gasteiger partial charge in [-0.05, 0) is 38.0 Å². The highest BCUT2D eigenvalue weighted by atomic mass is 16.6. The Morgan fingerprint density at radius 1 is 1.36 bits per heavy atom. The third-order valence-electron chi connectivity index (χ3n) is 3.11. The van der Waals surface area contributed by atoms with Crippen molar-refractivity contribution in [1.82, 2.24) is 4.90 Å². The van der Waals surface area contributed by atoms with Gasteiger partial charge in [-0.1, -0.05) is 12.1 Å². The van der Waals surface area contributed by atoms with Crippen LogP contribution < -0.4 is 4.74 Å². The molecule has 1 aromatic carbocycles. The summed E-state index contributed by atoms with van der Waals surface area (Å²) in [5.74, 6) is -0.221. The van der Waals surface area contributed by atoms with Gasteiger partial charge in [-0.3, -0.25) is 9.69 Å². The lowest BCUT2D eigenvalue weighted by atomic mass is 10.1. The summed E-state index contributed by atoms with van der Waals surface area (Å²) in [6.07, 6.45) is 0.195. The van der Waals surface area contributed by atoms with Crippen LogP contribution in [0.5, 0.6) is 5.75 Å². The van der Waals surface area contributed by atoms with E-state index in [4.69, 9.17) is 14.6 Å². The Balaban J connectivity index is 2.12. The number of carbonyl (C=O) groups excluding carboxylic acids is 1. The first-order chi connectivity index (χ1) is 10.2. The van der Waals surface area contributed by atoms with Gasteiger partial charge < -0.3 is 14.6 Å². The minimum absolute atomic E-state index is 0.189. The Kier molecular flexibility index (Phi) is 4.59. The quantitative estimate of drug-likeness (QED) is 0.924. The van der Waals surface area contributed by atoms with Gasteiger partial charge in [-0.2, -0.15) is 0 Å². The molecule has 0 bridgehead atoms. The second-order valence-corrected chi connectivity index (χ2v) is 6.27. The molecule has 0 aromatic heterocycles. The summed E-state index contributed by atoms with van der Waals surface area (Å²) in [6, 6.07) is 5.64. The number of benzene rings is 1. The summed E-state index contributed by atoms with van der Waals surface area (Å²) in [5.41, 5.74) is 1.27. The third kappa shape index (κ3) is 4.38. The van der Waals surface area contributed by atoms with Gasteiger partial charge in [0.05, 0.1) is 6.61 Å². The van der Waals surface area contributed by atoms with E-state index in [9.17, 15) is 9.59 Å². The van der Waals surface area contributed by atoms with Crippen molar-refractivity contribution >= 4 is 12.1 Å². The van der Waals surface area contributed by atoms with Gasteiger partial charge in [0.2, 0.25) is 0 Å². The average molecular weight is 307 g/mol. The summed E-state index contributed by atoms with van der Waals surface area (Å²) < 4.78 is 10.7. The molecule has 1 heterocycles. The molecule has 1 aliphatic rings. The molecule has 0 radical (unpaired) electrons. The van der Waals surface area contributed by atoms with Gasteiger partial charge in [0.15, 0.2) is 0 Å². The van der Waals surface area contributed by atoms with Crippen LogP contribution in [0.1, 0.15) is 31.9 Å². The highest BCUT2D eigenvalue weighted by Crippen LogP contribution is 2.26. The van der Waals surface area contributed by atoms with Crippen LogP contribution in [-0.4, -0.2) is 40.8 Å². The minimum atomic E-state index is -1.07. The monoisotopic (exact) mass is 307 g/mol. The molecule has 0 atom stereocenters. The van der Waals surface area contributed by atoms with Crippen molar-refractivity contribution in [3.63, 3.8) is 0 Å². The fourth-order valence-electron chi connectivity index (χ4n) is 2.23. The zero-order chi connectivity index (χ0) is 16.3. The summed E-state index contributed by atoms with van der Waals surface area (Å²) in [4.78, 5) is 24.3. The molecule has 6 nitrogen and oxygen atoms in total. The van der Waals surface area contributed by atoms with Crippen LogP contribution in [-0.2, 0) is 22.5 Å². The lowest BCUT2D eigenvalue weighted by Crippen LogP contribution is -2.39. The molecule has 120 valence electrons. The van der Waals surface area contributed by atoms with Gasteiger partial charge >= 0.3 is 12.1 Å². The van der Waals surface area contributed by atoms with E-state index in [-0.39, 0.29) is 6.54 Å². The SMILES string of the molecule is CC(C)(C)OC(=O)N(CC(=O)O)Cc1ccc2c(c1)CCO2. The summed E-state index contributed by atoms with van der Waals surface area (Å²) in [5, 5.41) is 8.99. The number of carboxylic acids is 1. The Morgan fingerprint density at radius 3 is 2.73 bits per heavy atom. The van der Waals surface area contributed by atoms with Crippen molar-refractivity contribution in [2.45, 2.75) is 39.3 Å². The molecular formula is C16H21NO5. The molecule has 0 saturated heterocycles. The van der Waals surface area contributed by atoms with Crippen LogP contribution in [0.2, 0.25) is 0 Å². The maximum absolute atomic E-state index is 12.1. The number of hydrogen-bond donors (Lipinski definition) is 1. The van der Waals surface area contributed by atoms with Gasteiger partial charge in [-0.25, -0.2) is 4.79 Å². The summed E-state index contributed by atoms with van der Waals surface area (Å²) in [6.45, 7) is 5.68. The number of fused-ring (bicyclic) bond motifs is 1. The standard InChI is InChI=1S/C16H21NO5/c1-16(2,3)22-15(20)17(10-14(18)19)9-11-4-5-13-12(8-11)6-7-21-13/h4-5,8H,6-7,9-10H2,1-3H3,(H,18,19). The zero-order valence-electron chi connectivity index (χ0n) is 13.1. The van der Waals surface area contributed by atoms with Crippen LogP contribution in [0.4, 0.5) is 4.79 Å². The highest BCUT2D eigenvalue weighted by molar-refractivity contribution is 5.77. The number of amides is 1. The highest BCUT2D eigenvalue weighted by Gasteiger charge is 2.24. The number of ether oxygens (including phenoxy) is 2. The van der Waals surface area contributed by atoms with Crippen molar-refractivity contribution in [3.8, 4) is 5.75 Å². The smallest absolute Gasteiger partial charge is 0.411 e. The molecule has 0 saturated carbocycles. The summed E-state index contributed by atoms with van der Waals surface area (Å²) >= 11 is 0. The van der Waals surface area contributed by atoms with Gasteiger partial charge in [0.25, 0.3) is 0 Å². The largest absolute Gasteiger partial charge is 0.493 e. The maximum Gasteiger partial charge on any atom is 0.411 e. The first kappa shape index (κ1) is 16.1. The Hall–Kier alpha value is -2.24. The van der Waals surface area contributed by atoms with Crippen LogP contribution in [0.3, 0.4) is 0 Å². The molecule has 1 aliphatic heterocycles. The number of carboxylic acid groups (broad SMARTS) is 1. The maximum atomic E-state index is 12.1. The molecule has 1 aromatic rings. The molecule has 0 unspecified atom stereocenters. The number of carbonyl (C=O) groups is 2. The Morgan fingerprint density at radius 2 is 2.09 bits per heavy atom. The fraction of sp³-hybridized carbons (Fsp3) is 0.500. The van der Waals surface area contributed by atoms with E-state index < -0.39 is 24.2 Å². The molecule has 2 rings (SSSR count). The molecule has 1 amide bonds. The van der Waals surface area contributed by atoms with Crippen LogP contribution in [0.15, 0.2) is 18.2 Å². The van der Waals surface area contributed by atoms with E-state index in [1.165, 1.54) is 4.90 Å². The third-order valence-corrected chi connectivity index (χ3v) is 3.11. The molecule has 6 heteroatoms. The average Bonchev–Trinajstić information content (AvgIpc) is 2.82. The number of rotatable bonds is 4. The van der Waals surface area contributed by atoms with Crippen molar-refractivity contribution in [2.75, 3.05) is 13.2 Å². The van der Waals surface area contributed by atoms with Crippen LogP contribution in [0, 0.1) is 0 Å². The topological polar surface area (TPSA) is 76.1 Å². The van der Waals surface area contributed by atoms with Gasteiger partial charge in [-0.15, -0.1) is 0 Å². The number of aliphatic carboxylic acids is 1. The van der Waals surface area contributed by atoms with E-state index in [2.05, 4.69) is 0 Å². The van der Waals surface area contributed by atoms with Crippen molar-refractivity contribution in [3.05, 3.63) is 29.3 Å². The fourth-order valence-corrected chi connectivity index (χ4v) is 2.23. The lowest BCUT2D eigenvalue weighted by molar-refractivity contribution is -0.138. The number of nitrogens with zero attached hydrogens (tertiary/aromatic N) is 1. The summed E-state index contributed by atoms with van der Waals surface area (Å²) in [7, 11) is 0. The second-order valence-electron chi connectivity index (χ2n) is 6.27. The van der Waals surface area contributed by atoms with Crippen molar-refractivity contribution in [2.24, 2.45) is 0 Å². The van der Waals surface area contributed by atoms with Crippen LogP contribution in [0.25, 0.3) is 0 Å². The van der Waals surface area contributed by atoms with Crippen molar-refractivity contribution < 1.29 is 24.2 Å².